The minimum atomic E-state index is -0.896. The number of aromatic carboxylic acids is 4. The molecule has 1 atom stereocenters. The molecule has 0 aliphatic heterocycles. The second-order valence-electron chi connectivity index (χ2n) is 27.3. The van der Waals surface area contributed by atoms with Crippen LogP contribution in [0.5, 0.6) is 0 Å². The molecule has 0 fully saturated rings. The van der Waals surface area contributed by atoms with Gasteiger partial charge in [0.05, 0.1) is 22.3 Å². The molecule has 0 aliphatic carbocycles. The van der Waals surface area contributed by atoms with Gasteiger partial charge in [-0.1, -0.05) is 289 Å². The Kier molecular flexibility index (Phi) is 46.0. The van der Waals surface area contributed by atoms with Crippen LogP contribution < -0.4 is 11.0 Å². The lowest BCUT2D eigenvalue weighted by atomic mass is 10.0. The Hall–Kier alpha value is -12.5. The van der Waals surface area contributed by atoms with E-state index in [1.54, 1.807) is 78.3 Å². The van der Waals surface area contributed by atoms with Gasteiger partial charge in [-0.25, -0.2) is 30.1 Å². The molecule has 0 saturated carbocycles. The maximum absolute atomic E-state index is 11.5. The number of hydrogen-bond acceptors (Lipinski definition) is 8. The molecule has 12 aromatic carbocycles. The van der Waals surface area contributed by atoms with E-state index in [1.807, 2.05) is 155 Å². The van der Waals surface area contributed by atoms with Gasteiger partial charge in [0.15, 0.2) is 0 Å². The second-order valence-corrected chi connectivity index (χ2v) is 28.5. The zero-order valence-electron chi connectivity index (χ0n) is 66.5. The first-order valence-electron chi connectivity index (χ1n) is 39.4. The molecule has 12 rings (SSSR count). The number of carbonyl (C=O) groups is 6. The summed E-state index contributed by atoms with van der Waals surface area (Å²) in [7, 11) is 1.99. The Morgan fingerprint density at radius 2 is 0.568 bits per heavy atom. The average Bonchev–Trinajstić information content (AvgIpc) is 0.915. The first-order valence-corrected chi connectivity index (χ1v) is 40.7. The third kappa shape index (κ3) is 40.7. The molecule has 0 spiro atoms. The summed E-state index contributed by atoms with van der Waals surface area (Å²) in [5.41, 5.74) is 20.3. The second kappa shape index (κ2) is 57.5. The monoisotopic (exact) mass is 1670 g/mol. The zero-order valence-corrected chi connectivity index (χ0v) is 69.3. The van der Waals surface area contributed by atoms with E-state index in [-0.39, 0.29) is 8.76 Å². The van der Waals surface area contributed by atoms with Gasteiger partial charge in [-0.2, -0.15) is 0 Å². The molecule has 0 saturated heterocycles. The first-order chi connectivity index (χ1) is 57.5. The van der Waals surface area contributed by atoms with Gasteiger partial charge in [-0.15, -0.1) is 6.58 Å². The summed E-state index contributed by atoms with van der Waals surface area (Å²) in [4.78, 5) is 65.2. The van der Waals surface area contributed by atoms with Crippen LogP contribution in [0, 0.1) is 0 Å². The van der Waals surface area contributed by atoms with Crippen molar-refractivity contribution in [2.75, 3.05) is 0 Å². The summed E-state index contributed by atoms with van der Waals surface area (Å²) >= 11 is 3.20. The van der Waals surface area contributed by atoms with Crippen LogP contribution in [0.4, 0.5) is 0 Å². The highest BCUT2D eigenvalue weighted by molar-refractivity contribution is 9.10. The van der Waals surface area contributed by atoms with Crippen LogP contribution in [-0.2, 0) is 68.8 Å². The van der Waals surface area contributed by atoms with Crippen molar-refractivity contribution in [3.8, 4) is 0 Å². The minimum Gasteiger partial charge on any atom is -0.478 e. The van der Waals surface area contributed by atoms with Crippen molar-refractivity contribution >= 4 is 67.2 Å². The Bertz CT molecular complexity index is 4880. The van der Waals surface area contributed by atoms with E-state index in [0.717, 1.165) is 125 Å². The fraction of sp³-hybridized carbons (Fsp3) is 0.176. The van der Waals surface area contributed by atoms with Gasteiger partial charge in [-0.05, 0) is 262 Å². The molecule has 2 amide bonds. The number of allylic oxidation sites excluding steroid dienone is 4. The van der Waals surface area contributed by atoms with E-state index in [0.29, 0.717) is 33.4 Å². The molecule has 612 valence electrons. The molecule has 118 heavy (non-hydrogen) atoms. The van der Waals surface area contributed by atoms with Crippen molar-refractivity contribution in [2.45, 2.75) is 116 Å². The number of carbonyl (C=O) groups excluding carboxylic acids is 2. The topological polar surface area (TPSA) is 237 Å². The molecule has 0 aliphatic rings. The number of nitrogens with one attached hydrogen (secondary N) is 2. The predicted octanol–water partition coefficient (Wildman–Crippen LogP) is 24.2. The average molecular weight is 1670 g/mol. The van der Waals surface area contributed by atoms with Gasteiger partial charge in [0.2, 0.25) is 0 Å². The van der Waals surface area contributed by atoms with Crippen LogP contribution in [0.15, 0.2) is 363 Å². The van der Waals surface area contributed by atoms with Crippen LogP contribution in [0.3, 0.4) is 0 Å². The number of unbranched alkanes of at least 4 members (excludes halogenated alkanes) is 3. The number of rotatable bonds is 33. The van der Waals surface area contributed by atoms with Gasteiger partial charge in [-0.3, -0.25) is 19.4 Å². The van der Waals surface area contributed by atoms with E-state index in [1.165, 1.54) is 56.5 Å². The standard InChI is InChI=1S/C17H20NO2P.C17H19NO2.C17H18O2.2C17H16O2.C10H12.C7H5BrO2.2H2/c19-17(18-20-21)16-12-10-15(11-13-16)9-5-4-8-14-6-2-1-3-7-14;19-17(18-20)16-12-10-15(11-13-16)9-5-4-8-14-6-2-1-3-7-14;3*18-17(19)16-12-10-15(11-13-16)9-5-4-8-14-6-2-1-3-7-14;1-2-3-7-10-8-5-4-6-9-10;8-6-3-1-5(2-4-6)7(9)10;;/h1-3,6-7,10-13H,4-5,8-9,21H2,(H,18,19);1-3,6-7,10-13,20H,4-5,8-9H2,(H,18,19);1-3,6-7,10-13H,4-5,8-9H2,(H,18,19);1-3,5-7,9-13H,4,8H2,(H,18,19);1-7,10-13H,8-9H2,(H,18,19);2,4-6,8-9H,1,3,7H2;1-4H,(H,9,10);2*1H/b;;;9-5+;5-4+;;;;/i;;;;;;;1+2;. The van der Waals surface area contributed by atoms with Crippen LogP contribution in [0.25, 0.3) is 6.08 Å². The quantitative estimate of drug-likeness (QED) is 0.00669. The maximum Gasteiger partial charge on any atom is 0.335 e. The molecule has 1 unspecified atom stereocenters. The zero-order chi connectivity index (χ0) is 84.4. The first kappa shape index (κ1) is 94.4. The van der Waals surface area contributed by atoms with E-state index in [9.17, 15) is 28.8 Å². The third-order valence-corrected chi connectivity index (χ3v) is 19.0. The number of amides is 2. The Morgan fingerprint density at radius 1 is 0.322 bits per heavy atom. The van der Waals surface area contributed by atoms with Crippen molar-refractivity contribution in [3.05, 3.63) is 458 Å². The molecule has 0 heterocycles. The third-order valence-electron chi connectivity index (χ3n) is 18.4. The Labute approximate surface area is 708 Å². The summed E-state index contributed by atoms with van der Waals surface area (Å²) in [6.07, 6.45) is 29.5. The van der Waals surface area contributed by atoms with Crippen LogP contribution in [0.1, 0.15) is 178 Å². The fourth-order valence-electron chi connectivity index (χ4n) is 11.7. The number of aryl methyl sites for hydroxylation is 8. The van der Waals surface area contributed by atoms with E-state index >= 15 is 0 Å². The lowest BCUT2D eigenvalue weighted by Crippen LogP contribution is -2.19. The Morgan fingerprint density at radius 3 is 0.864 bits per heavy atom. The highest BCUT2D eigenvalue weighted by Crippen LogP contribution is 2.17. The van der Waals surface area contributed by atoms with Gasteiger partial charge in [0.25, 0.3) is 11.8 Å². The number of benzene rings is 12. The number of carboxylic acid groups (broad SMARTS) is 4. The van der Waals surface area contributed by atoms with E-state index in [2.05, 4.69) is 172 Å². The molecule has 16 heteroatoms. The van der Waals surface area contributed by atoms with E-state index in [4.69, 9.17) is 25.6 Å². The van der Waals surface area contributed by atoms with Crippen LogP contribution in [0.2, 0.25) is 0 Å². The predicted molar refractivity (Wildman–Crippen MR) is 487 cm³/mol. The summed E-state index contributed by atoms with van der Waals surface area (Å²) < 4.78 is 5.41. The number of carboxylic acids is 4. The van der Waals surface area contributed by atoms with Crippen molar-refractivity contribution in [3.63, 3.8) is 0 Å². The van der Waals surface area contributed by atoms with Crippen LogP contribution >= 0.6 is 25.4 Å². The van der Waals surface area contributed by atoms with Crippen molar-refractivity contribution in [1.82, 2.24) is 11.0 Å². The molecular formula is C102H110BrN2O12P. The fourth-order valence-corrected chi connectivity index (χ4v) is 12.1. The van der Waals surface area contributed by atoms with Crippen molar-refractivity contribution in [2.24, 2.45) is 0 Å². The molecular weight excluding hydrogens is 1560 g/mol. The normalized spacial score (nSPS) is 10.3. The molecule has 0 bridgehead atoms. The molecule has 0 aromatic heterocycles. The summed E-state index contributed by atoms with van der Waals surface area (Å²) in [6.45, 7) is 3.68. The van der Waals surface area contributed by atoms with Crippen molar-refractivity contribution in [1.29, 1.82) is 0 Å². The number of hydroxylamine groups is 2. The highest BCUT2D eigenvalue weighted by atomic mass is 79.9. The smallest absolute Gasteiger partial charge is 0.335 e. The number of hydrogen-bond donors (Lipinski definition) is 7. The SMILES string of the molecule is C=CCCc1ccccc1.O=C(NO)c1ccc(CCCCc2ccccc2)cc1.O=C(NOP)c1ccc(CCCCc2ccccc2)cc1.O=C(O)c1ccc(/C=C/CCc2ccccc2)cc1.O=C(O)c1ccc(Br)cc1.O=C(O)c1ccc(C/C=C/Cc2ccccc2)cc1.O=C(O)c1ccc(CCCCc2ccccc2)cc1.[3HH].[HH]. The minimum absolute atomic E-state index is 0. The van der Waals surface area contributed by atoms with Gasteiger partial charge >= 0.3 is 23.9 Å². The molecule has 7 N–H and O–H groups in total. The lowest BCUT2D eigenvalue weighted by molar-refractivity contribution is 0.0686. The number of halogens is 1. The molecule has 12 aromatic rings. The maximum atomic E-state index is 11.5. The summed E-state index contributed by atoms with van der Waals surface area (Å²) in [5, 5.41) is 43.4. The molecule has 0 radical (unpaired) electrons. The molecule has 14 nitrogen and oxygen atoms in total. The van der Waals surface area contributed by atoms with Gasteiger partial charge in [0, 0.05) is 27.9 Å². The summed E-state index contributed by atoms with van der Waals surface area (Å²) in [6, 6.07) is 105. The summed E-state index contributed by atoms with van der Waals surface area (Å²) in [5.74, 6) is -4.24. The highest BCUT2D eigenvalue weighted by Gasteiger charge is 2.08. The van der Waals surface area contributed by atoms with Gasteiger partial charge in [0.1, 0.15) is 0 Å². The van der Waals surface area contributed by atoms with Crippen molar-refractivity contribution < 1.29 is 61.9 Å². The lowest BCUT2D eigenvalue weighted by Gasteiger charge is -2.05. The Balaban J connectivity index is 0.000000297. The largest absolute Gasteiger partial charge is 0.478 e. The van der Waals surface area contributed by atoms with E-state index < -0.39 is 29.8 Å². The van der Waals surface area contributed by atoms with Gasteiger partial charge < -0.3 is 20.4 Å². The van der Waals surface area contributed by atoms with Crippen LogP contribution in [-0.4, -0.2) is 61.3 Å².